The molecule has 1 spiro atoms. The average Bonchev–Trinajstić information content (AvgIpc) is 4.21. The Morgan fingerprint density at radius 1 is 0.289 bits per heavy atom. The quantitative estimate of drug-likeness (QED) is 0.151. The molecule has 0 saturated carbocycles. The van der Waals surface area contributed by atoms with E-state index in [1.807, 2.05) is 0 Å². The SMILES string of the molecule is c1ccc(-c2ccc(N(c3ccc(-c4ccc5c(c4)c4ccccc4n5-c4ccccc4)cc3)c3ccc(-c4ccccc4-c4cccc5c4C4(c6ccccc6Oc6ccccc64)c4ccccc4-5)cc3)cc2)cc1. The van der Waals surface area contributed by atoms with Crippen LogP contribution in [-0.4, -0.2) is 4.57 Å². The van der Waals surface area contributed by atoms with Crippen molar-refractivity contribution in [2.45, 2.75) is 5.41 Å². The molecule has 1 aromatic heterocycles. The largest absolute Gasteiger partial charge is 0.457 e. The lowest BCUT2D eigenvalue weighted by atomic mass is 9.64. The Labute approximate surface area is 442 Å². The molecule has 13 aromatic rings. The van der Waals surface area contributed by atoms with E-state index in [1.165, 1.54) is 83.0 Å². The van der Waals surface area contributed by atoms with Crippen molar-refractivity contribution in [3.8, 4) is 72.8 Å². The minimum absolute atomic E-state index is 0.591. The van der Waals surface area contributed by atoms with Gasteiger partial charge in [-0.1, -0.05) is 212 Å². The van der Waals surface area contributed by atoms with Gasteiger partial charge in [0.05, 0.1) is 16.4 Å². The van der Waals surface area contributed by atoms with E-state index in [2.05, 4.69) is 301 Å². The molecule has 356 valence electrons. The maximum absolute atomic E-state index is 6.71. The van der Waals surface area contributed by atoms with Crippen LogP contribution < -0.4 is 9.64 Å². The smallest absolute Gasteiger partial charge is 0.132 e. The number of hydrogen-bond donors (Lipinski definition) is 0. The minimum atomic E-state index is -0.591. The minimum Gasteiger partial charge on any atom is -0.457 e. The van der Waals surface area contributed by atoms with Crippen LogP contribution in [0.15, 0.2) is 291 Å². The molecule has 0 unspecified atom stereocenters. The first-order valence-electron chi connectivity index (χ1n) is 26.2. The molecular formula is C73H48N2O. The lowest BCUT2D eigenvalue weighted by molar-refractivity contribution is 0.436. The van der Waals surface area contributed by atoms with Crippen LogP contribution in [0.1, 0.15) is 22.3 Å². The highest BCUT2D eigenvalue weighted by Crippen LogP contribution is 2.64. The van der Waals surface area contributed by atoms with E-state index in [0.29, 0.717) is 0 Å². The van der Waals surface area contributed by atoms with Gasteiger partial charge in [-0.15, -0.1) is 0 Å². The second kappa shape index (κ2) is 17.6. The Kier molecular flexibility index (Phi) is 10.1. The standard InChI is InChI=1S/C73H48N2O/c1-3-18-49(19-4-1)50-34-41-55(42-35-50)74(56-43-36-51(37-44-56)53-40-47-69-64(48-53)61-25-10-14-31-68(61)75(69)54-20-5-2-6-21-54)57-45-38-52(39-46-57)58-22-7-8-23-59(58)62-26-17-27-63-60-24-9-11-28-65(60)73(72(62)63)66-29-12-15-32-70(66)76-71-33-16-13-30-67(71)73/h1-48H. The van der Waals surface area contributed by atoms with Gasteiger partial charge >= 0.3 is 0 Å². The highest BCUT2D eigenvalue weighted by molar-refractivity contribution is 6.10. The molecule has 0 bridgehead atoms. The van der Waals surface area contributed by atoms with Gasteiger partial charge in [0.1, 0.15) is 11.5 Å². The van der Waals surface area contributed by atoms with Gasteiger partial charge in [0.2, 0.25) is 0 Å². The van der Waals surface area contributed by atoms with Gasteiger partial charge in [-0.25, -0.2) is 0 Å². The number of fused-ring (bicyclic) bond motifs is 12. The average molecular weight is 969 g/mol. The number of aromatic nitrogens is 1. The third kappa shape index (κ3) is 6.76. The van der Waals surface area contributed by atoms with Crippen molar-refractivity contribution in [3.05, 3.63) is 313 Å². The lowest BCUT2D eigenvalue weighted by Gasteiger charge is -2.40. The number of nitrogens with zero attached hydrogens (tertiary/aromatic N) is 2. The van der Waals surface area contributed by atoms with E-state index in [1.54, 1.807) is 0 Å². The maximum Gasteiger partial charge on any atom is 0.132 e. The van der Waals surface area contributed by atoms with Crippen molar-refractivity contribution in [1.29, 1.82) is 0 Å². The van der Waals surface area contributed by atoms with Gasteiger partial charge in [-0.3, -0.25) is 0 Å². The fourth-order valence-electron chi connectivity index (χ4n) is 12.6. The van der Waals surface area contributed by atoms with E-state index in [-0.39, 0.29) is 0 Å². The number of para-hydroxylation sites is 4. The fourth-order valence-corrected chi connectivity index (χ4v) is 12.6. The molecule has 12 aromatic carbocycles. The summed E-state index contributed by atoms with van der Waals surface area (Å²) in [6.45, 7) is 0. The van der Waals surface area contributed by atoms with Crippen LogP contribution in [0, 0.1) is 0 Å². The number of ether oxygens (including phenoxy) is 1. The molecule has 1 aliphatic heterocycles. The molecule has 3 nitrogen and oxygen atoms in total. The molecule has 76 heavy (non-hydrogen) atoms. The maximum atomic E-state index is 6.71. The van der Waals surface area contributed by atoms with Gasteiger partial charge in [0, 0.05) is 44.6 Å². The summed E-state index contributed by atoms with van der Waals surface area (Å²) >= 11 is 0. The normalized spacial score (nSPS) is 12.7. The zero-order valence-corrected chi connectivity index (χ0v) is 41.5. The first-order chi connectivity index (χ1) is 37.7. The summed E-state index contributed by atoms with van der Waals surface area (Å²) in [5, 5.41) is 2.48. The third-order valence-electron chi connectivity index (χ3n) is 15.9. The molecule has 2 heterocycles. The summed E-state index contributed by atoms with van der Waals surface area (Å²) < 4.78 is 9.09. The summed E-state index contributed by atoms with van der Waals surface area (Å²) in [6.07, 6.45) is 0. The molecule has 1 aliphatic carbocycles. The Hall–Kier alpha value is -9.96. The molecule has 0 fully saturated rings. The second-order valence-electron chi connectivity index (χ2n) is 19.9. The van der Waals surface area contributed by atoms with E-state index in [9.17, 15) is 0 Å². The molecular weight excluding hydrogens is 921 g/mol. The summed E-state index contributed by atoms with van der Waals surface area (Å²) in [6, 6.07) is 106. The van der Waals surface area contributed by atoms with Crippen molar-refractivity contribution < 1.29 is 4.74 Å². The number of benzene rings is 12. The Morgan fingerprint density at radius 2 is 0.737 bits per heavy atom. The summed E-state index contributed by atoms with van der Waals surface area (Å²) in [5.74, 6) is 1.78. The first kappa shape index (κ1) is 43.6. The highest BCUT2D eigenvalue weighted by atomic mass is 16.5. The van der Waals surface area contributed by atoms with Crippen LogP contribution in [0.5, 0.6) is 11.5 Å². The van der Waals surface area contributed by atoms with E-state index in [4.69, 9.17) is 4.74 Å². The van der Waals surface area contributed by atoms with Gasteiger partial charge in [-0.05, 0) is 146 Å². The molecule has 2 aliphatic rings. The monoisotopic (exact) mass is 968 g/mol. The highest BCUT2D eigenvalue weighted by Gasteiger charge is 2.52. The van der Waals surface area contributed by atoms with Crippen molar-refractivity contribution in [2.75, 3.05) is 4.90 Å². The molecule has 3 heteroatoms. The fraction of sp³-hybridized carbons (Fsp3) is 0.0137. The van der Waals surface area contributed by atoms with E-state index in [0.717, 1.165) is 50.9 Å². The topological polar surface area (TPSA) is 17.4 Å². The number of hydrogen-bond acceptors (Lipinski definition) is 2. The molecule has 0 N–H and O–H groups in total. The van der Waals surface area contributed by atoms with Crippen LogP contribution in [0.4, 0.5) is 17.1 Å². The van der Waals surface area contributed by atoms with Crippen LogP contribution in [-0.2, 0) is 5.41 Å². The van der Waals surface area contributed by atoms with Gasteiger partial charge in [0.25, 0.3) is 0 Å². The summed E-state index contributed by atoms with van der Waals surface area (Å²) in [7, 11) is 0. The zero-order chi connectivity index (χ0) is 50.2. The van der Waals surface area contributed by atoms with Gasteiger partial charge in [0.15, 0.2) is 0 Å². The summed E-state index contributed by atoms with van der Waals surface area (Å²) in [5.41, 5.74) is 23.0. The number of rotatable bonds is 8. The molecule has 15 rings (SSSR count). The Morgan fingerprint density at radius 3 is 1.39 bits per heavy atom. The Balaban J connectivity index is 0.834. The predicted octanol–water partition coefficient (Wildman–Crippen LogP) is 19.4. The van der Waals surface area contributed by atoms with Crippen LogP contribution in [0.2, 0.25) is 0 Å². The van der Waals surface area contributed by atoms with Crippen molar-refractivity contribution >= 4 is 38.9 Å². The molecule has 0 amide bonds. The van der Waals surface area contributed by atoms with Crippen LogP contribution in [0.25, 0.3) is 83.1 Å². The zero-order valence-electron chi connectivity index (χ0n) is 41.5. The van der Waals surface area contributed by atoms with Crippen LogP contribution in [0.3, 0.4) is 0 Å². The number of anilines is 3. The lowest BCUT2D eigenvalue weighted by Crippen LogP contribution is -2.32. The third-order valence-corrected chi connectivity index (χ3v) is 15.9. The van der Waals surface area contributed by atoms with Crippen molar-refractivity contribution in [1.82, 2.24) is 4.57 Å². The van der Waals surface area contributed by atoms with E-state index < -0.39 is 5.41 Å². The summed E-state index contributed by atoms with van der Waals surface area (Å²) in [4.78, 5) is 2.37. The van der Waals surface area contributed by atoms with Crippen molar-refractivity contribution in [2.24, 2.45) is 0 Å². The molecule has 0 saturated heterocycles. The molecule has 0 atom stereocenters. The van der Waals surface area contributed by atoms with Crippen LogP contribution >= 0.6 is 0 Å². The first-order valence-corrected chi connectivity index (χ1v) is 26.2. The van der Waals surface area contributed by atoms with Gasteiger partial charge < -0.3 is 14.2 Å². The predicted molar refractivity (Wildman–Crippen MR) is 315 cm³/mol. The van der Waals surface area contributed by atoms with E-state index >= 15 is 0 Å². The Bertz CT molecular complexity index is 4300. The van der Waals surface area contributed by atoms with Crippen molar-refractivity contribution in [3.63, 3.8) is 0 Å². The second-order valence-corrected chi connectivity index (χ2v) is 19.9. The molecule has 0 radical (unpaired) electrons. The van der Waals surface area contributed by atoms with Gasteiger partial charge in [-0.2, -0.15) is 0 Å².